The molecule has 0 bridgehead atoms. The molecule has 19 heavy (non-hydrogen) atoms. The monoisotopic (exact) mass is 262 g/mol. The topological polar surface area (TPSA) is 35.5 Å². The van der Waals surface area contributed by atoms with Gasteiger partial charge in [-0.1, -0.05) is 6.07 Å². The van der Waals surface area contributed by atoms with Gasteiger partial charge in [-0.05, 0) is 56.7 Å². The molecule has 1 saturated carbocycles. The summed E-state index contributed by atoms with van der Waals surface area (Å²) >= 11 is 0. The molecule has 1 aromatic rings. The number of carbonyl (C=O) groups excluding carboxylic acids is 1. The lowest BCUT2D eigenvalue weighted by Crippen LogP contribution is -2.11. The van der Waals surface area contributed by atoms with E-state index < -0.39 is 0 Å². The largest absolute Gasteiger partial charge is 0.493 e. The molecule has 0 aromatic heterocycles. The van der Waals surface area contributed by atoms with Crippen molar-refractivity contribution in [3.8, 4) is 11.5 Å². The minimum absolute atomic E-state index is 0.217. The maximum absolute atomic E-state index is 11.0. The van der Waals surface area contributed by atoms with Crippen LogP contribution in [-0.2, 0) is 11.2 Å². The highest BCUT2D eigenvalue weighted by Crippen LogP contribution is 2.32. The number of hydrogen-bond acceptors (Lipinski definition) is 3. The maximum Gasteiger partial charge on any atom is 0.161 e. The molecule has 104 valence electrons. The zero-order valence-corrected chi connectivity index (χ0v) is 11.8. The van der Waals surface area contributed by atoms with Crippen LogP contribution in [0.5, 0.6) is 11.5 Å². The molecule has 1 fully saturated rings. The van der Waals surface area contributed by atoms with Crippen LogP contribution in [0.1, 0.15) is 44.6 Å². The van der Waals surface area contributed by atoms with Crippen molar-refractivity contribution >= 4 is 5.78 Å². The Morgan fingerprint density at radius 2 is 2.00 bits per heavy atom. The zero-order valence-electron chi connectivity index (χ0n) is 11.8. The van der Waals surface area contributed by atoms with Crippen molar-refractivity contribution in [3.05, 3.63) is 23.8 Å². The van der Waals surface area contributed by atoms with E-state index in [2.05, 4.69) is 0 Å². The lowest BCUT2D eigenvalue weighted by atomic mass is 10.1. The normalized spacial score (nSPS) is 15.5. The molecule has 0 saturated heterocycles. The number of methoxy groups -OCH3 is 1. The Labute approximate surface area is 114 Å². The molecular weight excluding hydrogens is 240 g/mol. The van der Waals surface area contributed by atoms with Crippen LogP contribution in [0.2, 0.25) is 0 Å². The fourth-order valence-electron chi connectivity index (χ4n) is 2.47. The van der Waals surface area contributed by atoms with Crippen LogP contribution in [0.3, 0.4) is 0 Å². The molecule has 0 aliphatic heterocycles. The quantitative estimate of drug-likeness (QED) is 0.786. The van der Waals surface area contributed by atoms with E-state index >= 15 is 0 Å². The minimum atomic E-state index is 0.217. The fourth-order valence-corrected chi connectivity index (χ4v) is 2.47. The zero-order chi connectivity index (χ0) is 13.7. The van der Waals surface area contributed by atoms with Crippen molar-refractivity contribution < 1.29 is 14.3 Å². The smallest absolute Gasteiger partial charge is 0.161 e. The number of ketones is 1. The fraction of sp³-hybridized carbons (Fsp3) is 0.562. The Morgan fingerprint density at radius 3 is 2.63 bits per heavy atom. The standard InChI is InChI=1S/C16H22O3/c1-12(17)7-8-13-9-10-15(18-2)16(11-13)19-14-5-3-4-6-14/h9-11,14H,3-8H2,1-2H3. The molecule has 1 aliphatic rings. The van der Waals surface area contributed by atoms with Gasteiger partial charge in [-0.25, -0.2) is 0 Å². The second-order valence-corrected chi connectivity index (χ2v) is 5.21. The Morgan fingerprint density at radius 1 is 1.26 bits per heavy atom. The van der Waals surface area contributed by atoms with Crippen molar-refractivity contribution in [1.82, 2.24) is 0 Å². The number of carbonyl (C=O) groups is 1. The van der Waals surface area contributed by atoms with Crippen LogP contribution < -0.4 is 9.47 Å². The molecule has 0 spiro atoms. The molecule has 0 N–H and O–H groups in total. The summed E-state index contributed by atoms with van der Waals surface area (Å²) in [6.45, 7) is 1.62. The van der Waals surface area contributed by atoms with Gasteiger partial charge in [0.25, 0.3) is 0 Å². The van der Waals surface area contributed by atoms with Crippen LogP contribution in [0, 0.1) is 0 Å². The summed E-state index contributed by atoms with van der Waals surface area (Å²) in [7, 11) is 1.66. The van der Waals surface area contributed by atoms with E-state index in [1.807, 2.05) is 18.2 Å². The van der Waals surface area contributed by atoms with E-state index in [-0.39, 0.29) is 5.78 Å². The first-order chi connectivity index (χ1) is 9.19. The SMILES string of the molecule is COc1ccc(CCC(C)=O)cc1OC1CCCC1. The predicted octanol–water partition coefficient (Wildman–Crippen LogP) is 3.54. The average molecular weight is 262 g/mol. The highest BCUT2D eigenvalue weighted by Gasteiger charge is 2.18. The molecule has 3 heteroatoms. The van der Waals surface area contributed by atoms with Crippen LogP contribution in [0.4, 0.5) is 0 Å². The van der Waals surface area contributed by atoms with Crippen molar-refractivity contribution in [3.63, 3.8) is 0 Å². The van der Waals surface area contributed by atoms with Crippen LogP contribution in [-0.4, -0.2) is 19.0 Å². The average Bonchev–Trinajstić information content (AvgIpc) is 2.89. The molecule has 2 rings (SSSR count). The molecule has 1 aliphatic carbocycles. The van der Waals surface area contributed by atoms with Gasteiger partial charge in [-0.2, -0.15) is 0 Å². The first kappa shape index (κ1) is 13.9. The Hall–Kier alpha value is -1.51. The maximum atomic E-state index is 11.0. The number of rotatable bonds is 6. The molecule has 0 radical (unpaired) electrons. The van der Waals surface area contributed by atoms with E-state index in [1.165, 1.54) is 12.8 Å². The molecule has 3 nitrogen and oxygen atoms in total. The molecule has 0 atom stereocenters. The van der Waals surface area contributed by atoms with Crippen molar-refractivity contribution in [1.29, 1.82) is 0 Å². The number of benzene rings is 1. The second kappa shape index (κ2) is 6.60. The molecule has 1 aromatic carbocycles. The number of hydrogen-bond donors (Lipinski definition) is 0. The van der Waals surface area contributed by atoms with Gasteiger partial charge in [0.05, 0.1) is 13.2 Å². The number of ether oxygens (including phenoxy) is 2. The third-order valence-corrected chi connectivity index (χ3v) is 3.59. The Kier molecular flexibility index (Phi) is 4.83. The summed E-state index contributed by atoms with van der Waals surface area (Å²) in [6.07, 6.45) is 6.41. The third kappa shape index (κ3) is 3.98. The molecule has 0 heterocycles. The van der Waals surface area contributed by atoms with Crippen molar-refractivity contribution in [2.75, 3.05) is 7.11 Å². The van der Waals surface area contributed by atoms with Gasteiger partial charge in [0.2, 0.25) is 0 Å². The van der Waals surface area contributed by atoms with Gasteiger partial charge < -0.3 is 14.3 Å². The summed E-state index contributed by atoms with van der Waals surface area (Å²) in [5, 5.41) is 0. The van der Waals surface area contributed by atoms with E-state index in [4.69, 9.17) is 9.47 Å². The van der Waals surface area contributed by atoms with E-state index in [0.29, 0.717) is 12.5 Å². The third-order valence-electron chi connectivity index (χ3n) is 3.59. The van der Waals surface area contributed by atoms with Gasteiger partial charge in [0.1, 0.15) is 5.78 Å². The van der Waals surface area contributed by atoms with Crippen LogP contribution in [0.15, 0.2) is 18.2 Å². The molecule has 0 unspecified atom stereocenters. The highest BCUT2D eigenvalue weighted by molar-refractivity contribution is 5.75. The van der Waals surface area contributed by atoms with Crippen molar-refractivity contribution in [2.45, 2.75) is 51.6 Å². The summed E-state index contributed by atoms with van der Waals surface area (Å²) in [5.41, 5.74) is 1.13. The number of aryl methyl sites for hydroxylation is 1. The van der Waals surface area contributed by atoms with Gasteiger partial charge in [0.15, 0.2) is 11.5 Å². The summed E-state index contributed by atoms with van der Waals surface area (Å²) < 4.78 is 11.4. The summed E-state index contributed by atoms with van der Waals surface area (Å²) in [5.74, 6) is 1.81. The van der Waals surface area contributed by atoms with E-state index in [1.54, 1.807) is 14.0 Å². The Bertz CT molecular complexity index is 434. The van der Waals surface area contributed by atoms with Gasteiger partial charge in [-0.3, -0.25) is 0 Å². The van der Waals surface area contributed by atoms with Gasteiger partial charge >= 0.3 is 0 Å². The highest BCUT2D eigenvalue weighted by atomic mass is 16.5. The lowest BCUT2D eigenvalue weighted by Gasteiger charge is -2.16. The minimum Gasteiger partial charge on any atom is -0.493 e. The lowest BCUT2D eigenvalue weighted by molar-refractivity contribution is -0.116. The van der Waals surface area contributed by atoms with Crippen LogP contribution >= 0.6 is 0 Å². The predicted molar refractivity (Wildman–Crippen MR) is 74.9 cm³/mol. The van der Waals surface area contributed by atoms with E-state index in [9.17, 15) is 4.79 Å². The Balaban J connectivity index is 2.08. The van der Waals surface area contributed by atoms with E-state index in [0.717, 1.165) is 36.3 Å². The van der Waals surface area contributed by atoms with Gasteiger partial charge in [0, 0.05) is 6.42 Å². The first-order valence-electron chi connectivity index (χ1n) is 7.02. The number of Topliss-reactive ketones (excluding diaryl/α,β-unsaturated/α-hetero) is 1. The van der Waals surface area contributed by atoms with Crippen molar-refractivity contribution in [2.24, 2.45) is 0 Å². The second-order valence-electron chi connectivity index (χ2n) is 5.21. The molecule has 0 amide bonds. The summed E-state index contributed by atoms with van der Waals surface area (Å²) in [6, 6.07) is 5.95. The van der Waals surface area contributed by atoms with Crippen LogP contribution in [0.25, 0.3) is 0 Å². The summed E-state index contributed by atoms with van der Waals surface area (Å²) in [4.78, 5) is 11.0. The molecular formula is C16H22O3. The first-order valence-corrected chi connectivity index (χ1v) is 7.02. The van der Waals surface area contributed by atoms with Gasteiger partial charge in [-0.15, -0.1) is 0 Å².